The lowest BCUT2D eigenvalue weighted by atomic mass is 10.2. The first-order valence-electron chi connectivity index (χ1n) is 5.90. The van der Waals surface area contributed by atoms with E-state index in [1.807, 2.05) is 0 Å². The van der Waals surface area contributed by atoms with Gasteiger partial charge < -0.3 is 10.1 Å². The average Bonchev–Trinajstić information content (AvgIpc) is 2.99. The van der Waals surface area contributed by atoms with Gasteiger partial charge in [0.2, 0.25) is 0 Å². The Hall–Kier alpha value is -0.630. The summed E-state index contributed by atoms with van der Waals surface area (Å²) >= 11 is 0.938. The molecule has 0 saturated carbocycles. The van der Waals surface area contributed by atoms with Gasteiger partial charge >= 0.3 is 0 Å². The molecule has 1 fully saturated rings. The van der Waals surface area contributed by atoms with Gasteiger partial charge in [0.25, 0.3) is 15.0 Å². The van der Waals surface area contributed by atoms with E-state index in [1.54, 1.807) is 0 Å². The first kappa shape index (κ1) is 14.8. The zero-order valence-corrected chi connectivity index (χ0v) is 12.5. The molecule has 1 aromatic rings. The predicted octanol–water partition coefficient (Wildman–Crippen LogP) is 1.97. The Morgan fingerprint density at radius 1 is 1.58 bits per heavy atom. The second kappa shape index (κ2) is 6.21. The fourth-order valence-corrected chi connectivity index (χ4v) is 3.83. The molecule has 1 aliphatic rings. The van der Waals surface area contributed by atoms with E-state index in [4.69, 9.17) is 15.4 Å². The Kier molecular flexibility index (Phi) is 4.83. The minimum atomic E-state index is -3.76. The van der Waals surface area contributed by atoms with E-state index in [9.17, 15) is 13.2 Å². The number of ether oxygens (including phenoxy) is 1. The van der Waals surface area contributed by atoms with Crippen molar-refractivity contribution in [2.45, 2.75) is 29.6 Å². The van der Waals surface area contributed by atoms with E-state index < -0.39 is 9.05 Å². The van der Waals surface area contributed by atoms with Crippen molar-refractivity contribution in [2.24, 2.45) is 0 Å². The molecule has 106 valence electrons. The van der Waals surface area contributed by atoms with Gasteiger partial charge in [0.1, 0.15) is 4.21 Å². The van der Waals surface area contributed by atoms with Crippen molar-refractivity contribution in [1.82, 2.24) is 5.32 Å². The summed E-state index contributed by atoms with van der Waals surface area (Å²) in [6, 6.07) is 1.29. The standard InChI is InChI=1S/C11H14ClNO4S2/c12-19(15,16)10-6-8(7-18-10)11(14)13-4-3-9-2-1-5-17-9/h6-7,9H,1-5H2,(H,13,14). The van der Waals surface area contributed by atoms with Crippen molar-refractivity contribution in [2.75, 3.05) is 13.2 Å². The Bertz CT molecular complexity index is 549. The highest BCUT2D eigenvalue weighted by Gasteiger charge is 2.18. The number of amides is 1. The molecule has 2 heterocycles. The van der Waals surface area contributed by atoms with Crippen LogP contribution in [0.25, 0.3) is 0 Å². The number of thiophene rings is 1. The third-order valence-corrected chi connectivity index (χ3v) is 5.89. The molecule has 5 nitrogen and oxygen atoms in total. The second-order valence-corrected chi connectivity index (χ2v) is 7.98. The number of carbonyl (C=O) groups is 1. The summed E-state index contributed by atoms with van der Waals surface area (Å²) in [5, 5.41) is 4.22. The number of carbonyl (C=O) groups excluding carboxylic acids is 1. The number of rotatable bonds is 5. The zero-order chi connectivity index (χ0) is 13.9. The first-order chi connectivity index (χ1) is 8.97. The number of halogens is 1. The van der Waals surface area contributed by atoms with Crippen LogP contribution in [-0.4, -0.2) is 33.6 Å². The van der Waals surface area contributed by atoms with Crippen molar-refractivity contribution >= 4 is 37.0 Å². The molecule has 1 amide bonds. The number of hydrogen-bond donors (Lipinski definition) is 1. The normalized spacial score (nSPS) is 19.5. The number of hydrogen-bond acceptors (Lipinski definition) is 5. The van der Waals surface area contributed by atoms with Gasteiger partial charge in [-0.15, -0.1) is 11.3 Å². The Morgan fingerprint density at radius 2 is 2.37 bits per heavy atom. The minimum absolute atomic E-state index is 0.0153. The van der Waals surface area contributed by atoms with Gasteiger partial charge in [-0.05, 0) is 25.3 Å². The summed E-state index contributed by atoms with van der Waals surface area (Å²) in [5.74, 6) is -0.291. The van der Waals surface area contributed by atoms with Gasteiger partial charge in [-0.1, -0.05) is 0 Å². The fourth-order valence-electron chi connectivity index (χ4n) is 1.88. The molecule has 1 unspecified atom stereocenters. The van der Waals surface area contributed by atoms with Crippen LogP contribution in [0.1, 0.15) is 29.6 Å². The van der Waals surface area contributed by atoms with E-state index in [2.05, 4.69) is 5.32 Å². The lowest BCUT2D eigenvalue weighted by molar-refractivity contribution is 0.0907. The highest BCUT2D eigenvalue weighted by molar-refractivity contribution is 8.15. The highest BCUT2D eigenvalue weighted by Crippen LogP contribution is 2.23. The monoisotopic (exact) mass is 323 g/mol. The summed E-state index contributed by atoms with van der Waals surface area (Å²) in [6.45, 7) is 1.31. The average molecular weight is 324 g/mol. The van der Waals surface area contributed by atoms with Crippen molar-refractivity contribution in [1.29, 1.82) is 0 Å². The molecule has 19 heavy (non-hydrogen) atoms. The van der Waals surface area contributed by atoms with Crippen molar-refractivity contribution < 1.29 is 17.9 Å². The Labute approximate surface area is 120 Å². The summed E-state index contributed by atoms with van der Waals surface area (Å²) in [7, 11) is 1.44. The highest BCUT2D eigenvalue weighted by atomic mass is 35.7. The largest absolute Gasteiger partial charge is 0.378 e. The van der Waals surface area contributed by atoms with Crippen LogP contribution >= 0.6 is 22.0 Å². The Morgan fingerprint density at radius 3 is 2.95 bits per heavy atom. The quantitative estimate of drug-likeness (QED) is 0.841. The van der Waals surface area contributed by atoms with Crippen molar-refractivity contribution in [3.8, 4) is 0 Å². The topological polar surface area (TPSA) is 72.5 Å². The smallest absolute Gasteiger partial charge is 0.270 e. The van der Waals surface area contributed by atoms with E-state index in [1.165, 1.54) is 11.4 Å². The summed E-state index contributed by atoms with van der Waals surface area (Å²) in [5.41, 5.74) is 0.316. The van der Waals surface area contributed by atoms with Crippen LogP contribution in [0, 0.1) is 0 Å². The maximum atomic E-state index is 11.8. The molecule has 1 aliphatic heterocycles. The fraction of sp³-hybridized carbons (Fsp3) is 0.545. The van der Waals surface area contributed by atoms with E-state index in [-0.39, 0.29) is 16.2 Å². The SMILES string of the molecule is O=C(NCCC1CCCO1)c1csc(S(=O)(=O)Cl)c1. The first-order valence-corrected chi connectivity index (χ1v) is 9.09. The van der Waals surface area contributed by atoms with E-state index in [0.29, 0.717) is 12.1 Å². The molecule has 1 aromatic heterocycles. The maximum Gasteiger partial charge on any atom is 0.270 e. The van der Waals surface area contributed by atoms with Gasteiger partial charge in [0, 0.05) is 29.2 Å². The third-order valence-electron chi connectivity index (χ3n) is 2.85. The molecule has 0 bridgehead atoms. The van der Waals surface area contributed by atoms with Crippen LogP contribution in [0.15, 0.2) is 15.7 Å². The van der Waals surface area contributed by atoms with Crippen molar-refractivity contribution in [3.63, 3.8) is 0 Å². The molecule has 2 rings (SSSR count). The van der Waals surface area contributed by atoms with Crippen LogP contribution in [0.3, 0.4) is 0 Å². The van der Waals surface area contributed by atoms with Crippen molar-refractivity contribution in [3.05, 3.63) is 17.0 Å². The molecular weight excluding hydrogens is 310 g/mol. The predicted molar refractivity (Wildman–Crippen MR) is 73.3 cm³/mol. The molecular formula is C11H14ClNO4S2. The second-order valence-electron chi connectivity index (χ2n) is 4.27. The molecule has 0 spiro atoms. The lowest BCUT2D eigenvalue weighted by Crippen LogP contribution is -2.26. The van der Waals surface area contributed by atoms with E-state index >= 15 is 0 Å². The molecule has 1 saturated heterocycles. The van der Waals surface area contributed by atoms with Gasteiger partial charge in [-0.2, -0.15) is 0 Å². The zero-order valence-electron chi connectivity index (χ0n) is 10.1. The molecule has 1 N–H and O–H groups in total. The number of nitrogens with one attached hydrogen (secondary N) is 1. The summed E-state index contributed by atoms with van der Waals surface area (Å²) < 4.78 is 27.6. The van der Waals surface area contributed by atoms with E-state index in [0.717, 1.165) is 37.2 Å². The Balaban J connectivity index is 1.84. The maximum absolute atomic E-state index is 11.8. The molecule has 0 radical (unpaired) electrons. The minimum Gasteiger partial charge on any atom is -0.378 e. The van der Waals surface area contributed by atoms with Gasteiger partial charge in [-0.25, -0.2) is 8.42 Å². The molecule has 8 heteroatoms. The van der Waals surface area contributed by atoms with Gasteiger partial charge in [-0.3, -0.25) is 4.79 Å². The third kappa shape index (κ3) is 4.17. The summed E-state index contributed by atoms with van der Waals surface area (Å²) in [6.07, 6.45) is 3.10. The summed E-state index contributed by atoms with van der Waals surface area (Å²) in [4.78, 5) is 11.8. The van der Waals surface area contributed by atoms with Crippen LogP contribution < -0.4 is 5.32 Å². The molecule has 0 aliphatic carbocycles. The molecule has 1 atom stereocenters. The van der Waals surface area contributed by atoms with Crippen LogP contribution in [0.4, 0.5) is 0 Å². The van der Waals surface area contributed by atoms with Crippen LogP contribution in [0.2, 0.25) is 0 Å². The van der Waals surface area contributed by atoms with Gasteiger partial charge in [0.05, 0.1) is 11.7 Å². The molecule has 0 aromatic carbocycles. The van der Waals surface area contributed by atoms with Crippen LogP contribution in [0.5, 0.6) is 0 Å². The van der Waals surface area contributed by atoms with Gasteiger partial charge in [0.15, 0.2) is 0 Å². The van der Waals surface area contributed by atoms with Crippen LogP contribution in [-0.2, 0) is 13.8 Å². The lowest BCUT2D eigenvalue weighted by Gasteiger charge is -2.09.